The molecule has 0 aliphatic carbocycles. The zero-order valence-electron chi connectivity index (χ0n) is 11.5. The number of ether oxygens (including phenoxy) is 1. The Bertz CT molecular complexity index is 616. The lowest BCUT2D eigenvalue weighted by Crippen LogP contribution is -2.15. The average Bonchev–Trinajstić information content (AvgIpc) is 2.48. The van der Waals surface area contributed by atoms with Crippen LogP contribution in [0.5, 0.6) is 5.75 Å². The van der Waals surface area contributed by atoms with E-state index >= 15 is 0 Å². The second kappa shape index (κ2) is 6.67. The van der Waals surface area contributed by atoms with Gasteiger partial charge in [0.25, 0.3) is 0 Å². The van der Waals surface area contributed by atoms with Crippen molar-refractivity contribution in [3.63, 3.8) is 0 Å². The number of para-hydroxylation sites is 2. The van der Waals surface area contributed by atoms with E-state index in [9.17, 15) is 4.79 Å². The van der Waals surface area contributed by atoms with Crippen molar-refractivity contribution in [2.75, 3.05) is 12.4 Å². The van der Waals surface area contributed by atoms with Gasteiger partial charge in [-0.25, -0.2) is 9.97 Å². The molecule has 1 aromatic carbocycles. The Balaban J connectivity index is 2.10. The molecule has 0 amide bonds. The number of nitrogens with one attached hydrogen (secondary N) is 1. The molecule has 4 N–H and O–H groups in total. The zero-order valence-corrected chi connectivity index (χ0v) is 11.5. The van der Waals surface area contributed by atoms with Gasteiger partial charge in [0.2, 0.25) is 5.95 Å². The molecular formula is C14H16N4O3. The monoisotopic (exact) mass is 288 g/mol. The molecule has 1 unspecified atom stereocenters. The maximum absolute atomic E-state index is 10.6. The van der Waals surface area contributed by atoms with Gasteiger partial charge in [0.1, 0.15) is 5.75 Å². The number of hydrogen-bond acceptors (Lipinski definition) is 6. The summed E-state index contributed by atoms with van der Waals surface area (Å²) in [5, 5.41) is 11.7. The molecule has 0 saturated heterocycles. The molecule has 110 valence electrons. The molecule has 0 aliphatic heterocycles. The molecule has 0 radical (unpaired) electrons. The van der Waals surface area contributed by atoms with Crippen LogP contribution in [0, 0.1) is 0 Å². The van der Waals surface area contributed by atoms with Gasteiger partial charge in [-0.05, 0) is 12.1 Å². The van der Waals surface area contributed by atoms with Crippen molar-refractivity contribution in [1.82, 2.24) is 9.97 Å². The van der Waals surface area contributed by atoms with E-state index in [0.717, 1.165) is 5.69 Å². The van der Waals surface area contributed by atoms with Gasteiger partial charge in [-0.2, -0.15) is 0 Å². The first-order valence-electron chi connectivity index (χ1n) is 6.29. The number of nitrogens with zero attached hydrogens (tertiary/aromatic N) is 2. The standard InChI is InChI=1S/C14H16N4O3/c1-21-12-5-3-2-4-11(12)18-14-16-7-9(8-17-14)10(15)6-13(19)20/h2-5,7-8,10H,6,15H2,1H3,(H,19,20)(H,16,17,18). The van der Waals surface area contributed by atoms with Gasteiger partial charge < -0.3 is 20.9 Å². The Hall–Kier alpha value is -2.67. The summed E-state index contributed by atoms with van der Waals surface area (Å²) in [4.78, 5) is 18.9. The van der Waals surface area contributed by atoms with Crippen molar-refractivity contribution in [3.05, 3.63) is 42.2 Å². The number of nitrogens with two attached hydrogens (primary N) is 1. The lowest BCUT2D eigenvalue weighted by molar-refractivity contribution is -0.137. The topological polar surface area (TPSA) is 110 Å². The highest BCUT2D eigenvalue weighted by Gasteiger charge is 2.12. The number of benzene rings is 1. The van der Waals surface area contributed by atoms with E-state index in [1.165, 1.54) is 12.4 Å². The number of hydrogen-bond donors (Lipinski definition) is 3. The summed E-state index contributed by atoms with van der Waals surface area (Å²) in [6.07, 6.45) is 2.86. The number of methoxy groups -OCH3 is 1. The molecule has 7 heteroatoms. The molecule has 0 bridgehead atoms. The summed E-state index contributed by atoms with van der Waals surface area (Å²) in [6, 6.07) is 6.76. The molecule has 2 aromatic rings. The number of rotatable bonds is 6. The highest BCUT2D eigenvalue weighted by molar-refractivity contribution is 5.68. The summed E-state index contributed by atoms with van der Waals surface area (Å²) in [6.45, 7) is 0. The molecule has 1 aromatic heterocycles. The molecule has 7 nitrogen and oxygen atoms in total. The van der Waals surface area contributed by atoms with Crippen molar-refractivity contribution in [3.8, 4) is 5.75 Å². The summed E-state index contributed by atoms with van der Waals surface area (Å²) in [7, 11) is 1.58. The maximum Gasteiger partial charge on any atom is 0.305 e. The van der Waals surface area contributed by atoms with Crippen LogP contribution in [0.15, 0.2) is 36.7 Å². The lowest BCUT2D eigenvalue weighted by Gasteiger charge is -2.11. The average molecular weight is 288 g/mol. The van der Waals surface area contributed by atoms with Gasteiger partial charge in [0.05, 0.1) is 19.2 Å². The molecular weight excluding hydrogens is 272 g/mol. The number of carboxylic acids is 1. The minimum Gasteiger partial charge on any atom is -0.495 e. The third-order valence-corrected chi connectivity index (χ3v) is 2.85. The SMILES string of the molecule is COc1ccccc1Nc1ncc(C(N)CC(=O)O)cn1. The van der Waals surface area contributed by atoms with Crippen LogP contribution < -0.4 is 15.8 Å². The van der Waals surface area contributed by atoms with Crippen LogP contribution in [0.4, 0.5) is 11.6 Å². The molecule has 0 fully saturated rings. The van der Waals surface area contributed by atoms with E-state index < -0.39 is 12.0 Å². The van der Waals surface area contributed by atoms with Crippen molar-refractivity contribution in [2.45, 2.75) is 12.5 Å². The van der Waals surface area contributed by atoms with E-state index in [2.05, 4.69) is 15.3 Å². The van der Waals surface area contributed by atoms with Crippen molar-refractivity contribution >= 4 is 17.6 Å². The fourth-order valence-corrected chi connectivity index (χ4v) is 1.77. The highest BCUT2D eigenvalue weighted by Crippen LogP contribution is 2.25. The number of aromatic nitrogens is 2. The van der Waals surface area contributed by atoms with Crippen LogP contribution in [0.1, 0.15) is 18.0 Å². The number of carbonyl (C=O) groups is 1. The smallest absolute Gasteiger partial charge is 0.305 e. The van der Waals surface area contributed by atoms with Crippen LogP contribution in [-0.4, -0.2) is 28.2 Å². The van der Waals surface area contributed by atoms with Crippen LogP contribution >= 0.6 is 0 Å². The van der Waals surface area contributed by atoms with Gasteiger partial charge in [-0.3, -0.25) is 4.79 Å². The Morgan fingerprint density at radius 3 is 2.67 bits per heavy atom. The van der Waals surface area contributed by atoms with Gasteiger partial charge >= 0.3 is 5.97 Å². The van der Waals surface area contributed by atoms with E-state index in [1.807, 2.05) is 24.3 Å². The van der Waals surface area contributed by atoms with Gasteiger partial charge in [0.15, 0.2) is 0 Å². The normalized spacial score (nSPS) is 11.7. The molecule has 1 heterocycles. The Kier molecular flexibility index (Phi) is 4.68. The minimum atomic E-state index is -0.960. The predicted molar refractivity (Wildman–Crippen MR) is 77.5 cm³/mol. The van der Waals surface area contributed by atoms with E-state index in [0.29, 0.717) is 17.3 Å². The second-order valence-electron chi connectivity index (χ2n) is 4.37. The fourth-order valence-electron chi connectivity index (χ4n) is 1.77. The van der Waals surface area contributed by atoms with Gasteiger partial charge in [0, 0.05) is 24.0 Å². The Morgan fingerprint density at radius 1 is 1.38 bits per heavy atom. The molecule has 21 heavy (non-hydrogen) atoms. The quantitative estimate of drug-likeness (QED) is 0.742. The number of aliphatic carboxylic acids is 1. The lowest BCUT2D eigenvalue weighted by atomic mass is 10.1. The third kappa shape index (κ3) is 3.90. The number of anilines is 2. The summed E-state index contributed by atoms with van der Waals surface area (Å²) in [5.74, 6) is 0.0947. The highest BCUT2D eigenvalue weighted by atomic mass is 16.5. The van der Waals surface area contributed by atoms with Crippen LogP contribution in [-0.2, 0) is 4.79 Å². The molecule has 1 atom stereocenters. The minimum absolute atomic E-state index is 0.164. The largest absolute Gasteiger partial charge is 0.495 e. The number of carboxylic acid groups (broad SMARTS) is 1. The first-order chi connectivity index (χ1) is 10.1. The van der Waals surface area contributed by atoms with E-state index in [-0.39, 0.29) is 6.42 Å². The van der Waals surface area contributed by atoms with Gasteiger partial charge in [-0.15, -0.1) is 0 Å². The van der Waals surface area contributed by atoms with Crippen molar-refractivity contribution in [2.24, 2.45) is 5.73 Å². The zero-order chi connectivity index (χ0) is 15.2. The summed E-state index contributed by atoms with van der Waals surface area (Å²) < 4.78 is 5.22. The molecule has 0 aliphatic rings. The predicted octanol–water partition coefficient (Wildman–Crippen LogP) is 1.70. The fraction of sp³-hybridized carbons (Fsp3) is 0.214. The molecule has 2 rings (SSSR count). The van der Waals surface area contributed by atoms with Crippen LogP contribution in [0.25, 0.3) is 0 Å². The third-order valence-electron chi connectivity index (χ3n) is 2.85. The summed E-state index contributed by atoms with van der Waals surface area (Å²) in [5.41, 5.74) is 7.05. The molecule has 0 saturated carbocycles. The van der Waals surface area contributed by atoms with Crippen molar-refractivity contribution < 1.29 is 14.6 Å². The first kappa shape index (κ1) is 14.7. The Morgan fingerprint density at radius 2 is 2.05 bits per heavy atom. The Labute approximate surface area is 121 Å². The van der Waals surface area contributed by atoms with Gasteiger partial charge in [-0.1, -0.05) is 12.1 Å². The summed E-state index contributed by atoms with van der Waals surface area (Å²) >= 11 is 0. The van der Waals surface area contributed by atoms with E-state index in [4.69, 9.17) is 15.6 Å². The molecule has 0 spiro atoms. The second-order valence-corrected chi connectivity index (χ2v) is 4.37. The van der Waals surface area contributed by atoms with Crippen LogP contribution in [0.3, 0.4) is 0 Å². The van der Waals surface area contributed by atoms with E-state index in [1.54, 1.807) is 7.11 Å². The first-order valence-corrected chi connectivity index (χ1v) is 6.29. The van der Waals surface area contributed by atoms with Crippen molar-refractivity contribution in [1.29, 1.82) is 0 Å². The van der Waals surface area contributed by atoms with Crippen LogP contribution in [0.2, 0.25) is 0 Å². The maximum atomic E-state index is 10.6.